The molecule has 0 aromatic heterocycles. The SMILES string of the molecule is CN(C(=O)OCc1ccc(NC(=O)Cc2ccc(F)cc2)cc1)[C@@H](Cc1ccccc1)C(=O)O. The molecule has 34 heavy (non-hydrogen) atoms. The summed E-state index contributed by atoms with van der Waals surface area (Å²) in [4.78, 5) is 37.3. The van der Waals surface area contributed by atoms with Gasteiger partial charge >= 0.3 is 12.1 Å². The summed E-state index contributed by atoms with van der Waals surface area (Å²) in [5, 5.41) is 12.3. The molecule has 3 rings (SSSR count). The van der Waals surface area contributed by atoms with E-state index in [0.29, 0.717) is 16.8 Å². The Bertz CT molecular complexity index is 1120. The van der Waals surface area contributed by atoms with Crippen LogP contribution in [-0.2, 0) is 33.8 Å². The van der Waals surface area contributed by atoms with E-state index in [1.165, 1.54) is 19.2 Å². The molecule has 8 heteroatoms. The Morgan fingerprint density at radius 3 is 2.15 bits per heavy atom. The number of nitrogens with one attached hydrogen (secondary N) is 1. The molecule has 176 valence electrons. The summed E-state index contributed by atoms with van der Waals surface area (Å²) in [6.45, 7) is -0.0509. The molecule has 1 atom stereocenters. The Kier molecular flexibility index (Phi) is 8.34. The molecular weight excluding hydrogens is 439 g/mol. The number of nitrogens with zero attached hydrogens (tertiary/aromatic N) is 1. The highest BCUT2D eigenvalue weighted by atomic mass is 19.1. The number of hydrogen-bond donors (Lipinski definition) is 2. The molecule has 0 saturated heterocycles. The fourth-order valence-corrected chi connectivity index (χ4v) is 3.28. The lowest BCUT2D eigenvalue weighted by atomic mass is 10.1. The molecule has 0 unspecified atom stereocenters. The number of carboxylic acid groups (broad SMARTS) is 1. The van der Waals surface area contributed by atoms with Gasteiger partial charge in [0.15, 0.2) is 0 Å². The van der Waals surface area contributed by atoms with Crippen LogP contribution in [0.1, 0.15) is 16.7 Å². The number of benzene rings is 3. The molecule has 3 aromatic carbocycles. The minimum atomic E-state index is -1.12. The van der Waals surface area contributed by atoms with Gasteiger partial charge in [0, 0.05) is 19.2 Å². The van der Waals surface area contributed by atoms with Crippen LogP contribution in [0.15, 0.2) is 78.9 Å². The van der Waals surface area contributed by atoms with Gasteiger partial charge in [0.2, 0.25) is 5.91 Å². The van der Waals surface area contributed by atoms with Crippen LogP contribution in [0.25, 0.3) is 0 Å². The van der Waals surface area contributed by atoms with Gasteiger partial charge in [0.25, 0.3) is 0 Å². The molecule has 0 aliphatic carbocycles. The number of anilines is 1. The van der Waals surface area contributed by atoms with Gasteiger partial charge in [0.05, 0.1) is 6.42 Å². The first kappa shape index (κ1) is 24.4. The van der Waals surface area contributed by atoms with Crippen molar-refractivity contribution >= 4 is 23.7 Å². The van der Waals surface area contributed by atoms with Crippen molar-refractivity contribution in [2.75, 3.05) is 12.4 Å². The van der Waals surface area contributed by atoms with Crippen molar-refractivity contribution in [2.24, 2.45) is 0 Å². The molecule has 0 heterocycles. The second-order valence-electron chi connectivity index (χ2n) is 7.76. The summed E-state index contributed by atoms with van der Waals surface area (Å²) in [5.41, 5.74) is 2.73. The highest BCUT2D eigenvalue weighted by Crippen LogP contribution is 2.14. The van der Waals surface area contributed by atoms with Crippen molar-refractivity contribution in [1.82, 2.24) is 4.90 Å². The number of ether oxygens (including phenoxy) is 1. The molecule has 0 aliphatic rings. The summed E-state index contributed by atoms with van der Waals surface area (Å²) in [7, 11) is 1.39. The van der Waals surface area contributed by atoms with E-state index in [9.17, 15) is 23.9 Å². The zero-order valence-corrected chi connectivity index (χ0v) is 18.6. The number of halogens is 1. The average Bonchev–Trinajstić information content (AvgIpc) is 2.83. The van der Waals surface area contributed by atoms with E-state index >= 15 is 0 Å². The molecule has 2 amide bonds. The summed E-state index contributed by atoms with van der Waals surface area (Å²) < 4.78 is 18.2. The van der Waals surface area contributed by atoms with Gasteiger partial charge in [-0.25, -0.2) is 14.0 Å². The molecule has 0 saturated carbocycles. The first-order valence-corrected chi connectivity index (χ1v) is 10.6. The fourth-order valence-electron chi connectivity index (χ4n) is 3.28. The lowest BCUT2D eigenvalue weighted by molar-refractivity contribution is -0.142. The number of rotatable bonds is 9. The maximum atomic E-state index is 13.0. The van der Waals surface area contributed by atoms with Crippen molar-refractivity contribution in [1.29, 1.82) is 0 Å². The van der Waals surface area contributed by atoms with E-state index in [4.69, 9.17) is 4.74 Å². The quantitative estimate of drug-likeness (QED) is 0.493. The normalized spacial score (nSPS) is 11.4. The van der Waals surface area contributed by atoms with Crippen molar-refractivity contribution in [3.8, 4) is 0 Å². The Morgan fingerprint density at radius 1 is 0.912 bits per heavy atom. The summed E-state index contributed by atoms with van der Waals surface area (Å²) >= 11 is 0. The predicted molar refractivity (Wildman–Crippen MR) is 125 cm³/mol. The highest BCUT2D eigenvalue weighted by Gasteiger charge is 2.27. The van der Waals surface area contributed by atoms with Crippen LogP contribution in [0.5, 0.6) is 0 Å². The molecular formula is C26H25FN2O5. The number of aliphatic carboxylic acids is 1. The van der Waals surface area contributed by atoms with E-state index < -0.39 is 18.1 Å². The van der Waals surface area contributed by atoms with Crippen molar-refractivity contribution in [3.05, 3.63) is 101 Å². The number of hydrogen-bond acceptors (Lipinski definition) is 4. The Labute approximate surface area is 196 Å². The first-order valence-electron chi connectivity index (χ1n) is 10.6. The van der Waals surface area contributed by atoms with Crippen LogP contribution in [0.2, 0.25) is 0 Å². The Balaban J connectivity index is 1.50. The molecule has 2 N–H and O–H groups in total. The lowest BCUT2D eigenvalue weighted by Gasteiger charge is -2.24. The summed E-state index contributed by atoms with van der Waals surface area (Å²) in [6.07, 6.45) is -0.478. The minimum absolute atomic E-state index is 0.0509. The van der Waals surface area contributed by atoms with Gasteiger partial charge in [-0.05, 0) is 41.0 Å². The first-order chi connectivity index (χ1) is 16.3. The highest BCUT2D eigenvalue weighted by molar-refractivity contribution is 5.92. The van der Waals surface area contributed by atoms with Crippen LogP contribution >= 0.6 is 0 Å². The van der Waals surface area contributed by atoms with Crippen molar-refractivity contribution in [3.63, 3.8) is 0 Å². The van der Waals surface area contributed by atoms with Crippen molar-refractivity contribution in [2.45, 2.75) is 25.5 Å². The third-order valence-electron chi connectivity index (χ3n) is 5.19. The second-order valence-corrected chi connectivity index (χ2v) is 7.76. The Hall–Kier alpha value is -4.20. The fraction of sp³-hybridized carbons (Fsp3) is 0.192. The molecule has 3 aromatic rings. The molecule has 0 spiro atoms. The van der Waals surface area contributed by atoms with E-state index in [0.717, 1.165) is 10.5 Å². The monoisotopic (exact) mass is 464 g/mol. The molecule has 0 fully saturated rings. The van der Waals surface area contributed by atoms with Gasteiger partial charge in [-0.15, -0.1) is 0 Å². The third-order valence-corrected chi connectivity index (χ3v) is 5.19. The maximum absolute atomic E-state index is 13.0. The van der Waals surface area contributed by atoms with Gasteiger partial charge in [-0.2, -0.15) is 0 Å². The lowest BCUT2D eigenvalue weighted by Crippen LogP contribution is -2.44. The number of carboxylic acids is 1. The van der Waals surface area contributed by atoms with E-state index in [1.54, 1.807) is 60.7 Å². The van der Waals surface area contributed by atoms with Crippen LogP contribution < -0.4 is 5.32 Å². The van der Waals surface area contributed by atoms with E-state index in [2.05, 4.69) is 5.32 Å². The topological polar surface area (TPSA) is 95.9 Å². The standard InChI is InChI=1S/C26H25FN2O5/c1-29(23(25(31)32)15-18-5-3-2-4-6-18)26(33)34-17-20-9-13-22(14-10-20)28-24(30)16-19-7-11-21(27)12-8-19/h2-14,23H,15-17H2,1H3,(H,28,30)(H,31,32)/t23-/m0/s1. The molecule has 0 radical (unpaired) electrons. The van der Waals surface area contributed by atoms with Crippen LogP contribution in [0, 0.1) is 5.82 Å². The average molecular weight is 464 g/mol. The van der Waals surface area contributed by atoms with Gasteiger partial charge < -0.3 is 15.2 Å². The zero-order valence-electron chi connectivity index (χ0n) is 18.6. The number of carbonyl (C=O) groups excluding carboxylic acids is 2. The molecule has 0 bridgehead atoms. The largest absolute Gasteiger partial charge is 0.480 e. The summed E-state index contributed by atoms with van der Waals surface area (Å²) in [6, 6.07) is 20.4. The van der Waals surface area contributed by atoms with Crippen LogP contribution in [-0.4, -0.2) is 41.1 Å². The number of likely N-dealkylation sites (N-methyl/N-ethyl adjacent to an activating group) is 1. The Morgan fingerprint density at radius 2 is 1.53 bits per heavy atom. The second kappa shape index (κ2) is 11.6. The number of amides is 2. The van der Waals surface area contributed by atoms with Gasteiger partial charge in [0.1, 0.15) is 18.5 Å². The molecule has 7 nitrogen and oxygen atoms in total. The maximum Gasteiger partial charge on any atom is 0.410 e. The summed E-state index contributed by atoms with van der Waals surface area (Å²) in [5.74, 6) is -1.73. The predicted octanol–water partition coefficient (Wildman–Crippen LogP) is 4.27. The van der Waals surface area contributed by atoms with Crippen LogP contribution in [0.4, 0.5) is 14.9 Å². The van der Waals surface area contributed by atoms with E-state index in [1.807, 2.05) is 6.07 Å². The van der Waals surface area contributed by atoms with Crippen molar-refractivity contribution < 1.29 is 28.6 Å². The smallest absolute Gasteiger partial charge is 0.410 e. The van der Waals surface area contributed by atoms with Gasteiger partial charge in [-0.3, -0.25) is 9.69 Å². The van der Waals surface area contributed by atoms with Gasteiger partial charge in [-0.1, -0.05) is 54.6 Å². The zero-order chi connectivity index (χ0) is 24.5. The minimum Gasteiger partial charge on any atom is -0.480 e. The number of carbonyl (C=O) groups is 3. The molecule has 0 aliphatic heterocycles. The van der Waals surface area contributed by atoms with E-state index in [-0.39, 0.29) is 31.2 Å². The van der Waals surface area contributed by atoms with Crippen LogP contribution in [0.3, 0.4) is 0 Å². The third kappa shape index (κ3) is 7.16.